The molecule has 0 aromatic heterocycles. The molecule has 1 aromatic carbocycles. The van der Waals surface area contributed by atoms with Crippen LogP contribution >= 0.6 is 0 Å². The molecule has 0 saturated heterocycles. The molecular weight excluding hydrogens is 294 g/mol. The lowest BCUT2D eigenvalue weighted by molar-refractivity contribution is -0.146. The number of aryl methyl sites for hydroxylation is 1. The highest BCUT2D eigenvalue weighted by Crippen LogP contribution is 2.13. The SMILES string of the molecule is C=CCN(CC(C)C(=O)OC)C(=O)COc1ccc(CC)cc1. The van der Waals surface area contributed by atoms with Gasteiger partial charge in [0.15, 0.2) is 6.61 Å². The first kappa shape index (κ1) is 18.7. The summed E-state index contributed by atoms with van der Waals surface area (Å²) in [6.45, 7) is 8.00. The minimum Gasteiger partial charge on any atom is -0.484 e. The third-order valence-electron chi connectivity index (χ3n) is 3.49. The molecule has 5 nitrogen and oxygen atoms in total. The Labute approximate surface area is 137 Å². The van der Waals surface area contributed by atoms with Gasteiger partial charge in [0.25, 0.3) is 5.91 Å². The van der Waals surface area contributed by atoms with Crippen LogP contribution in [0.3, 0.4) is 0 Å². The van der Waals surface area contributed by atoms with Crippen LogP contribution in [0.1, 0.15) is 19.4 Å². The summed E-state index contributed by atoms with van der Waals surface area (Å²) >= 11 is 0. The zero-order valence-corrected chi connectivity index (χ0v) is 14.1. The van der Waals surface area contributed by atoms with Gasteiger partial charge in [-0.1, -0.05) is 32.1 Å². The number of hydrogen-bond donors (Lipinski definition) is 0. The van der Waals surface area contributed by atoms with Crippen molar-refractivity contribution in [3.8, 4) is 5.75 Å². The number of carbonyl (C=O) groups is 2. The van der Waals surface area contributed by atoms with Crippen LogP contribution in [0.2, 0.25) is 0 Å². The lowest BCUT2D eigenvalue weighted by atomic mass is 10.1. The Morgan fingerprint density at radius 3 is 2.48 bits per heavy atom. The zero-order chi connectivity index (χ0) is 17.2. The molecule has 5 heteroatoms. The molecule has 1 rings (SSSR count). The Hall–Kier alpha value is -2.30. The first-order valence-electron chi connectivity index (χ1n) is 7.70. The van der Waals surface area contributed by atoms with E-state index < -0.39 is 5.92 Å². The van der Waals surface area contributed by atoms with Crippen LogP contribution in [-0.2, 0) is 20.7 Å². The van der Waals surface area contributed by atoms with Crippen molar-refractivity contribution in [1.82, 2.24) is 4.90 Å². The highest BCUT2D eigenvalue weighted by molar-refractivity contribution is 5.79. The largest absolute Gasteiger partial charge is 0.484 e. The number of rotatable bonds is 9. The van der Waals surface area contributed by atoms with Crippen LogP contribution in [0.25, 0.3) is 0 Å². The molecule has 0 heterocycles. The summed E-state index contributed by atoms with van der Waals surface area (Å²) in [5.74, 6) is -0.286. The quantitative estimate of drug-likeness (QED) is 0.518. The van der Waals surface area contributed by atoms with Crippen molar-refractivity contribution in [1.29, 1.82) is 0 Å². The van der Waals surface area contributed by atoms with Crippen LogP contribution in [-0.4, -0.2) is 43.6 Å². The van der Waals surface area contributed by atoms with Gasteiger partial charge in [-0.2, -0.15) is 0 Å². The minimum atomic E-state index is -0.396. The van der Waals surface area contributed by atoms with Gasteiger partial charge in [0.1, 0.15) is 5.75 Å². The maximum atomic E-state index is 12.3. The highest BCUT2D eigenvalue weighted by atomic mass is 16.5. The normalized spacial score (nSPS) is 11.4. The van der Waals surface area contributed by atoms with Crippen LogP contribution in [0, 0.1) is 5.92 Å². The number of carbonyl (C=O) groups excluding carboxylic acids is 2. The number of ether oxygens (including phenoxy) is 2. The van der Waals surface area contributed by atoms with Crippen molar-refractivity contribution in [3.05, 3.63) is 42.5 Å². The monoisotopic (exact) mass is 319 g/mol. The molecule has 23 heavy (non-hydrogen) atoms. The van der Waals surface area contributed by atoms with Crippen molar-refractivity contribution >= 4 is 11.9 Å². The van der Waals surface area contributed by atoms with E-state index in [4.69, 9.17) is 4.74 Å². The van der Waals surface area contributed by atoms with Gasteiger partial charge >= 0.3 is 5.97 Å². The van der Waals surface area contributed by atoms with Crippen LogP contribution in [0.5, 0.6) is 5.75 Å². The van der Waals surface area contributed by atoms with Crippen molar-refractivity contribution in [2.75, 3.05) is 26.8 Å². The van der Waals surface area contributed by atoms with Gasteiger partial charge in [-0.15, -0.1) is 6.58 Å². The van der Waals surface area contributed by atoms with E-state index in [2.05, 4.69) is 18.2 Å². The van der Waals surface area contributed by atoms with E-state index in [1.165, 1.54) is 17.6 Å². The number of hydrogen-bond acceptors (Lipinski definition) is 4. The van der Waals surface area contributed by atoms with Crippen LogP contribution in [0.15, 0.2) is 36.9 Å². The van der Waals surface area contributed by atoms with Gasteiger partial charge in [0.2, 0.25) is 0 Å². The smallest absolute Gasteiger partial charge is 0.310 e. The Balaban J connectivity index is 2.59. The Kier molecular flexibility index (Phi) is 7.88. The van der Waals surface area contributed by atoms with Crippen molar-refractivity contribution < 1.29 is 19.1 Å². The van der Waals surface area contributed by atoms with Crippen LogP contribution < -0.4 is 4.74 Å². The number of methoxy groups -OCH3 is 1. The van der Waals surface area contributed by atoms with E-state index >= 15 is 0 Å². The third-order valence-corrected chi connectivity index (χ3v) is 3.49. The lowest BCUT2D eigenvalue weighted by Crippen LogP contribution is -2.40. The van der Waals surface area contributed by atoms with E-state index in [1.807, 2.05) is 24.3 Å². The highest BCUT2D eigenvalue weighted by Gasteiger charge is 2.21. The number of nitrogens with zero attached hydrogens (tertiary/aromatic N) is 1. The van der Waals surface area contributed by atoms with E-state index in [1.54, 1.807) is 13.0 Å². The molecule has 1 aromatic rings. The molecule has 0 bridgehead atoms. The van der Waals surface area contributed by atoms with E-state index in [0.29, 0.717) is 12.3 Å². The lowest BCUT2D eigenvalue weighted by Gasteiger charge is -2.23. The number of esters is 1. The molecule has 0 saturated carbocycles. The predicted octanol–water partition coefficient (Wildman–Crippen LogP) is 2.45. The van der Waals surface area contributed by atoms with Gasteiger partial charge in [-0.05, 0) is 24.1 Å². The predicted molar refractivity (Wildman–Crippen MR) is 89.3 cm³/mol. The maximum Gasteiger partial charge on any atom is 0.310 e. The Bertz CT molecular complexity index is 524. The molecule has 0 fully saturated rings. The zero-order valence-electron chi connectivity index (χ0n) is 14.1. The van der Waals surface area contributed by atoms with Crippen molar-refractivity contribution in [2.24, 2.45) is 5.92 Å². The van der Waals surface area contributed by atoms with E-state index in [0.717, 1.165) is 6.42 Å². The second-order valence-corrected chi connectivity index (χ2v) is 5.30. The first-order valence-corrected chi connectivity index (χ1v) is 7.70. The van der Waals surface area contributed by atoms with Crippen molar-refractivity contribution in [3.63, 3.8) is 0 Å². The average molecular weight is 319 g/mol. The van der Waals surface area contributed by atoms with Gasteiger partial charge in [-0.25, -0.2) is 0 Å². The second kappa shape index (κ2) is 9.66. The molecule has 1 atom stereocenters. The number of benzene rings is 1. The van der Waals surface area contributed by atoms with Crippen LogP contribution in [0.4, 0.5) is 0 Å². The molecule has 0 radical (unpaired) electrons. The summed E-state index contributed by atoms with van der Waals surface area (Å²) < 4.78 is 10.2. The average Bonchev–Trinajstić information content (AvgIpc) is 2.58. The summed E-state index contributed by atoms with van der Waals surface area (Å²) in [6.07, 6.45) is 2.58. The maximum absolute atomic E-state index is 12.3. The fourth-order valence-corrected chi connectivity index (χ4v) is 2.10. The number of amides is 1. The van der Waals surface area contributed by atoms with Gasteiger partial charge in [-0.3, -0.25) is 9.59 Å². The van der Waals surface area contributed by atoms with Crippen molar-refractivity contribution in [2.45, 2.75) is 20.3 Å². The summed E-state index contributed by atoms with van der Waals surface area (Å²) in [4.78, 5) is 25.3. The summed E-state index contributed by atoms with van der Waals surface area (Å²) in [5.41, 5.74) is 1.21. The fourth-order valence-electron chi connectivity index (χ4n) is 2.10. The van der Waals surface area contributed by atoms with Gasteiger partial charge < -0.3 is 14.4 Å². The fraction of sp³-hybridized carbons (Fsp3) is 0.444. The summed E-state index contributed by atoms with van der Waals surface area (Å²) in [7, 11) is 1.33. The molecular formula is C18H25NO4. The topological polar surface area (TPSA) is 55.8 Å². The molecule has 0 aliphatic carbocycles. The summed E-state index contributed by atoms with van der Waals surface area (Å²) in [5, 5.41) is 0. The molecule has 0 aliphatic rings. The molecule has 0 N–H and O–H groups in total. The molecule has 0 spiro atoms. The second-order valence-electron chi connectivity index (χ2n) is 5.30. The molecule has 1 amide bonds. The molecule has 0 aliphatic heterocycles. The first-order chi connectivity index (χ1) is 11.0. The summed E-state index contributed by atoms with van der Waals surface area (Å²) in [6, 6.07) is 7.64. The third kappa shape index (κ3) is 6.14. The Morgan fingerprint density at radius 2 is 1.96 bits per heavy atom. The van der Waals surface area contributed by atoms with Gasteiger partial charge in [0, 0.05) is 13.1 Å². The molecule has 1 unspecified atom stereocenters. The van der Waals surface area contributed by atoms with E-state index in [9.17, 15) is 9.59 Å². The molecule has 126 valence electrons. The minimum absolute atomic E-state index is 0.0762. The van der Waals surface area contributed by atoms with Gasteiger partial charge in [0.05, 0.1) is 13.0 Å². The van der Waals surface area contributed by atoms with E-state index in [-0.39, 0.29) is 25.0 Å². The Morgan fingerprint density at radius 1 is 1.30 bits per heavy atom. The standard InChI is InChI=1S/C18H25NO4/c1-5-11-19(12-14(3)18(21)22-4)17(20)13-23-16-9-7-15(6-2)8-10-16/h5,7-10,14H,1,6,11-13H2,2-4H3.